The number of ether oxygens (including phenoxy) is 1. The summed E-state index contributed by atoms with van der Waals surface area (Å²) in [6, 6.07) is 11.8. The number of aryl methyl sites for hydroxylation is 1. The van der Waals surface area contributed by atoms with Crippen molar-refractivity contribution in [1.29, 1.82) is 0 Å². The second kappa shape index (κ2) is 9.04. The number of amides is 1. The first-order valence-electron chi connectivity index (χ1n) is 9.03. The number of nitrogens with zero attached hydrogens (tertiary/aromatic N) is 2. The van der Waals surface area contributed by atoms with Crippen molar-refractivity contribution >= 4 is 11.7 Å². The average Bonchev–Trinajstić information content (AvgIpc) is 2.72. The third-order valence-electron chi connectivity index (χ3n) is 4.48. The zero-order valence-electron chi connectivity index (χ0n) is 15.1. The molecule has 0 bridgehead atoms. The molecule has 0 atom stereocenters. The van der Waals surface area contributed by atoms with Crippen molar-refractivity contribution in [3.63, 3.8) is 0 Å². The quantitative estimate of drug-likeness (QED) is 0.615. The minimum Gasteiger partial charge on any atom is -0.497 e. The molecular formula is C21H25N3O2. The van der Waals surface area contributed by atoms with Gasteiger partial charge in [-0.05, 0) is 49.1 Å². The zero-order chi connectivity index (χ0) is 18.2. The van der Waals surface area contributed by atoms with Crippen molar-refractivity contribution in [2.24, 2.45) is 0 Å². The van der Waals surface area contributed by atoms with Crippen molar-refractivity contribution in [3.05, 3.63) is 65.9 Å². The molecule has 0 fully saturated rings. The molecule has 1 aromatic heterocycles. The van der Waals surface area contributed by atoms with E-state index in [0.717, 1.165) is 43.9 Å². The van der Waals surface area contributed by atoms with Gasteiger partial charge in [-0.3, -0.25) is 4.79 Å². The third kappa shape index (κ3) is 4.85. The van der Waals surface area contributed by atoms with Crippen LogP contribution in [0, 0.1) is 0 Å². The molecule has 0 aliphatic carbocycles. The lowest BCUT2D eigenvalue weighted by Gasteiger charge is -2.24. The average molecular weight is 351 g/mol. The first-order valence-corrected chi connectivity index (χ1v) is 9.03. The van der Waals surface area contributed by atoms with E-state index in [9.17, 15) is 4.79 Å². The van der Waals surface area contributed by atoms with Crippen molar-refractivity contribution in [2.75, 3.05) is 31.6 Å². The fraction of sp³-hybridized carbons (Fsp3) is 0.333. The van der Waals surface area contributed by atoms with Crippen LogP contribution in [0.2, 0.25) is 0 Å². The van der Waals surface area contributed by atoms with E-state index in [4.69, 9.17) is 4.74 Å². The highest BCUT2D eigenvalue weighted by Gasteiger charge is 2.10. The summed E-state index contributed by atoms with van der Waals surface area (Å²) in [5, 5.41) is 2.96. The lowest BCUT2D eigenvalue weighted by Crippen LogP contribution is -2.28. The molecule has 0 radical (unpaired) electrons. The van der Waals surface area contributed by atoms with Gasteiger partial charge in [0.25, 0.3) is 5.91 Å². The number of carbonyl (C=O) groups excluding carboxylic acids is 1. The van der Waals surface area contributed by atoms with Gasteiger partial charge in [0.05, 0.1) is 12.7 Å². The van der Waals surface area contributed by atoms with Gasteiger partial charge in [-0.25, -0.2) is 4.98 Å². The van der Waals surface area contributed by atoms with Gasteiger partial charge < -0.3 is 15.0 Å². The number of anilines is 1. The van der Waals surface area contributed by atoms with Gasteiger partial charge >= 0.3 is 0 Å². The van der Waals surface area contributed by atoms with Crippen LogP contribution in [0.15, 0.2) is 54.7 Å². The van der Waals surface area contributed by atoms with Crippen LogP contribution < -0.4 is 15.0 Å². The molecule has 2 aromatic rings. The molecular weight excluding hydrogens is 326 g/mol. The highest BCUT2D eigenvalue weighted by molar-refractivity contribution is 5.94. The Labute approximate surface area is 154 Å². The van der Waals surface area contributed by atoms with Crippen molar-refractivity contribution in [1.82, 2.24) is 10.3 Å². The fourth-order valence-corrected chi connectivity index (χ4v) is 2.95. The maximum Gasteiger partial charge on any atom is 0.252 e. The maximum absolute atomic E-state index is 12.2. The van der Waals surface area contributed by atoms with E-state index in [2.05, 4.69) is 39.5 Å². The summed E-state index contributed by atoms with van der Waals surface area (Å²) in [7, 11) is 1.66. The number of rotatable bonds is 7. The largest absolute Gasteiger partial charge is 0.497 e. The minimum absolute atomic E-state index is 0.0719. The van der Waals surface area contributed by atoms with Crippen LogP contribution >= 0.6 is 0 Å². The molecule has 1 N–H and O–H groups in total. The van der Waals surface area contributed by atoms with Crippen LogP contribution in [-0.2, 0) is 6.42 Å². The Balaban J connectivity index is 1.43. The Kier molecular flexibility index (Phi) is 6.25. The third-order valence-corrected chi connectivity index (χ3v) is 4.48. The molecule has 2 heterocycles. The van der Waals surface area contributed by atoms with Crippen LogP contribution in [0.25, 0.3) is 0 Å². The Hall–Kier alpha value is -2.82. The number of hydrogen-bond donors (Lipinski definition) is 1. The smallest absolute Gasteiger partial charge is 0.252 e. The Morgan fingerprint density at radius 2 is 2.04 bits per heavy atom. The molecule has 26 heavy (non-hydrogen) atoms. The second-order valence-corrected chi connectivity index (χ2v) is 6.32. The summed E-state index contributed by atoms with van der Waals surface area (Å²) in [6.07, 6.45) is 8.84. The SMILES string of the molecule is COc1ccc(CCCNC(=O)c2ccc(N3CC=CCC3)nc2)cc1. The summed E-state index contributed by atoms with van der Waals surface area (Å²) in [5.41, 5.74) is 1.84. The summed E-state index contributed by atoms with van der Waals surface area (Å²) in [5.74, 6) is 1.71. The van der Waals surface area contributed by atoms with E-state index < -0.39 is 0 Å². The Morgan fingerprint density at radius 3 is 2.69 bits per heavy atom. The lowest BCUT2D eigenvalue weighted by atomic mass is 10.1. The van der Waals surface area contributed by atoms with Crippen molar-refractivity contribution in [2.45, 2.75) is 19.3 Å². The zero-order valence-corrected chi connectivity index (χ0v) is 15.1. The van der Waals surface area contributed by atoms with E-state index in [1.54, 1.807) is 13.3 Å². The van der Waals surface area contributed by atoms with Crippen LogP contribution in [-0.4, -0.2) is 37.6 Å². The van der Waals surface area contributed by atoms with Crippen LogP contribution in [0.1, 0.15) is 28.8 Å². The molecule has 5 heteroatoms. The van der Waals surface area contributed by atoms with Gasteiger partial charge in [0, 0.05) is 25.8 Å². The molecule has 0 unspecified atom stereocenters. The monoisotopic (exact) mass is 351 g/mol. The molecule has 0 spiro atoms. The van der Waals surface area contributed by atoms with Crippen molar-refractivity contribution < 1.29 is 9.53 Å². The van der Waals surface area contributed by atoms with E-state index in [0.29, 0.717) is 12.1 Å². The van der Waals surface area contributed by atoms with Crippen LogP contribution in [0.5, 0.6) is 5.75 Å². The minimum atomic E-state index is -0.0719. The second-order valence-electron chi connectivity index (χ2n) is 6.32. The molecule has 1 aliphatic rings. The molecule has 1 amide bonds. The van der Waals surface area contributed by atoms with E-state index in [1.807, 2.05) is 24.3 Å². The van der Waals surface area contributed by atoms with Crippen LogP contribution in [0.3, 0.4) is 0 Å². The number of pyridine rings is 1. The van der Waals surface area contributed by atoms with Gasteiger partial charge in [-0.2, -0.15) is 0 Å². The molecule has 0 saturated carbocycles. The van der Waals surface area contributed by atoms with Gasteiger partial charge in [0.15, 0.2) is 0 Å². The predicted octanol–water partition coefficient (Wildman–Crippen LogP) is 3.22. The normalized spacial score (nSPS) is 13.5. The highest BCUT2D eigenvalue weighted by atomic mass is 16.5. The molecule has 0 saturated heterocycles. The summed E-state index contributed by atoms with van der Waals surface area (Å²) in [4.78, 5) is 18.9. The fourth-order valence-electron chi connectivity index (χ4n) is 2.95. The standard InChI is InChI=1S/C21H25N3O2/c1-26-19-10-7-17(8-11-19)6-5-13-22-21(25)18-9-12-20(23-16-18)24-14-3-2-4-15-24/h2-3,7-12,16H,4-6,13-15H2,1H3,(H,22,25). The van der Waals surface area contributed by atoms with Gasteiger partial charge in [0.1, 0.15) is 11.6 Å². The topological polar surface area (TPSA) is 54.5 Å². The van der Waals surface area contributed by atoms with E-state index in [1.165, 1.54) is 5.56 Å². The van der Waals surface area contributed by atoms with Crippen molar-refractivity contribution in [3.8, 4) is 5.75 Å². The molecule has 1 aromatic carbocycles. The summed E-state index contributed by atoms with van der Waals surface area (Å²) < 4.78 is 5.15. The molecule has 3 rings (SSSR count). The maximum atomic E-state index is 12.2. The Morgan fingerprint density at radius 1 is 1.19 bits per heavy atom. The molecule has 1 aliphatic heterocycles. The molecule has 5 nitrogen and oxygen atoms in total. The number of nitrogens with one attached hydrogen (secondary N) is 1. The summed E-state index contributed by atoms with van der Waals surface area (Å²) in [6.45, 7) is 2.49. The summed E-state index contributed by atoms with van der Waals surface area (Å²) >= 11 is 0. The van der Waals surface area contributed by atoms with Crippen LogP contribution in [0.4, 0.5) is 5.82 Å². The number of methoxy groups -OCH3 is 1. The van der Waals surface area contributed by atoms with Gasteiger partial charge in [0.2, 0.25) is 0 Å². The molecule has 136 valence electrons. The number of carbonyl (C=O) groups is 1. The van der Waals surface area contributed by atoms with E-state index >= 15 is 0 Å². The predicted molar refractivity (Wildman–Crippen MR) is 104 cm³/mol. The lowest BCUT2D eigenvalue weighted by molar-refractivity contribution is 0.0953. The number of aromatic nitrogens is 1. The van der Waals surface area contributed by atoms with Gasteiger partial charge in [-0.15, -0.1) is 0 Å². The highest BCUT2D eigenvalue weighted by Crippen LogP contribution is 2.15. The van der Waals surface area contributed by atoms with E-state index in [-0.39, 0.29) is 5.91 Å². The first kappa shape index (κ1) is 18.0. The first-order chi connectivity index (χ1) is 12.8. The Bertz CT molecular complexity index is 739. The van der Waals surface area contributed by atoms with Gasteiger partial charge in [-0.1, -0.05) is 24.3 Å². The number of hydrogen-bond acceptors (Lipinski definition) is 4. The number of benzene rings is 1.